The van der Waals surface area contributed by atoms with E-state index in [1.807, 2.05) is 60.7 Å². The zero-order chi connectivity index (χ0) is 16.1. The maximum atomic E-state index is 11.5. The van der Waals surface area contributed by atoms with Crippen molar-refractivity contribution >= 4 is 17.1 Å². The van der Waals surface area contributed by atoms with Gasteiger partial charge in [-0.25, -0.2) is 0 Å². The Morgan fingerprint density at radius 2 is 1.70 bits per heavy atom. The topological polar surface area (TPSA) is 35.5 Å². The molecule has 116 valence electrons. The van der Waals surface area contributed by atoms with Gasteiger partial charge in [0, 0.05) is 5.56 Å². The first kappa shape index (κ1) is 15.3. The number of rotatable bonds is 6. The Hall–Kier alpha value is -2.65. The monoisotopic (exact) mass is 306 g/mol. The molecule has 3 aromatic rings. The lowest BCUT2D eigenvalue weighted by atomic mass is 10.0. The van der Waals surface area contributed by atoms with Crippen molar-refractivity contribution in [1.82, 2.24) is 0 Å². The number of fused-ring (bicyclic) bond motifs is 1. The Bertz CT molecular complexity index is 807. The van der Waals surface area contributed by atoms with Crippen LogP contribution in [0.1, 0.15) is 21.5 Å². The smallest absolute Gasteiger partial charge is 0.151 e. The molecule has 0 aliphatic rings. The van der Waals surface area contributed by atoms with Crippen LogP contribution in [-0.2, 0) is 18.0 Å². The van der Waals surface area contributed by atoms with E-state index in [1.54, 1.807) is 7.11 Å². The molecule has 0 fully saturated rings. The van der Waals surface area contributed by atoms with Crippen LogP contribution in [0, 0.1) is 0 Å². The predicted octanol–water partition coefficient (Wildman–Crippen LogP) is 4.38. The first-order valence-electron chi connectivity index (χ1n) is 7.48. The molecule has 0 unspecified atom stereocenters. The van der Waals surface area contributed by atoms with Crippen molar-refractivity contribution in [2.75, 3.05) is 7.11 Å². The Balaban J connectivity index is 1.72. The third kappa shape index (κ3) is 3.41. The van der Waals surface area contributed by atoms with Gasteiger partial charge in [-0.2, -0.15) is 0 Å². The predicted molar refractivity (Wildman–Crippen MR) is 90.8 cm³/mol. The van der Waals surface area contributed by atoms with Gasteiger partial charge in [0.15, 0.2) is 6.29 Å². The third-order valence-corrected chi connectivity index (χ3v) is 3.86. The third-order valence-electron chi connectivity index (χ3n) is 3.86. The van der Waals surface area contributed by atoms with Gasteiger partial charge in [0.2, 0.25) is 0 Å². The van der Waals surface area contributed by atoms with Gasteiger partial charge < -0.3 is 9.47 Å². The van der Waals surface area contributed by atoms with Crippen molar-refractivity contribution in [3.05, 3.63) is 77.4 Å². The molecule has 0 bridgehead atoms. The van der Waals surface area contributed by atoms with E-state index in [4.69, 9.17) is 9.47 Å². The minimum absolute atomic E-state index is 0.408. The molecule has 0 saturated carbocycles. The van der Waals surface area contributed by atoms with Gasteiger partial charge in [-0.15, -0.1) is 0 Å². The second kappa shape index (κ2) is 7.07. The summed E-state index contributed by atoms with van der Waals surface area (Å²) in [5, 5.41) is 2.03. The normalized spacial score (nSPS) is 10.7. The Morgan fingerprint density at radius 3 is 2.43 bits per heavy atom. The highest BCUT2D eigenvalue weighted by molar-refractivity contribution is 5.99. The number of hydrogen-bond donors (Lipinski definition) is 0. The highest BCUT2D eigenvalue weighted by atomic mass is 16.5. The van der Waals surface area contributed by atoms with Gasteiger partial charge in [-0.05, 0) is 34.0 Å². The van der Waals surface area contributed by atoms with Gasteiger partial charge in [-0.1, -0.05) is 48.5 Å². The van der Waals surface area contributed by atoms with Gasteiger partial charge >= 0.3 is 0 Å². The Morgan fingerprint density at radius 1 is 0.913 bits per heavy atom. The maximum absolute atomic E-state index is 11.5. The van der Waals surface area contributed by atoms with E-state index in [-0.39, 0.29) is 0 Å². The second-order valence-corrected chi connectivity index (χ2v) is 5.32. The number of hydrogen-bond acceptors (Lipinski definition) is 3. The summed E-state index contributed by atoms with van der Waals surface area (Å²) >= 11 is 0. The standard InChI is InChI=1S/C20H18O3/c1-22-18-10-6-15(7-11-18)13-23-14-17-9-8-16-4-2-3-5-19(16)20(17)12-21/h2-12H,13-14H2,1H3. The van der Waals surface area contributed by atoms with Crippen molar-refractivity contribution in [3.63, 3.8) is 0 Å². The van der Waals surface area contributed by atoms with Crippen molar-refractivity contribution < 1.29 is 14.3 Å². The minimum Gasteiger partial charge on any atom is -0.497 e. The number of aldehydes is 1. The zero-order valence-corrected chi connectivity index (χ0v) is 13.0. The van der Waals surface area contributed by atoms with Crippen LogP contribution in [0.25, 0.3) is 10.8 Å². The van der Waals surface area contributed by atoms with E-state index in [9.17, 15) is 4.79 Å². The van der Waals surface area contributed by atoms with Crippen molar-refractivity contribution in [2.45, 2.75) is 13.2 Å². The fourth-order valence-electron chi connectivity index (χ4n) is 2.61. The molecule has 0 aromatic heterocycles. The Labute approximate surface area is 135 Å². The maximum Gasteiger partial charge on any atom is 0.151 e. The highest BCUT2D eigenvalue weighted by Crippen LogP contribution is 2.22. The summed E-state index contributed by atoms with van der Waals surface area (Å²) in [4.78, 5) is 11.5. The average molecular weight is 306 g/mol. The summed E-state index contributed by atoms with van der Waals surface area (Å²) in [6.45, 7) is 0.903. The van der Waals surface area contributed by atoms with Crippen LogP contribution in [0.2, 0.25) is 0 Å². The van der Waals surface area contributed by atoms with Gasteiger partial charge in [0.05, 0.1) is 20.3 Å². The van der Waals surface area contributed by atoms with Crippen LogP contribution in [0.3, 0.4) is 0 Å². The molecule has 0 atom stereocenters. The molecule has 3 rings (SSSR count). The lowest BCUT2D eigenvalue weighted by molar-refractivity contribution is 0.104. The molecule has 0 heterocycles. The van der Waals surface area contributed by atoms with E-state index in [2.05, 4.69) is 0 Å². The zero-order valence-electron chi connectivity index (χ0n) is 13.0. The lowest BCUT2D eigenvalue weighted by Crippen LogP contribution is -1.99. The molecule has 3 nitrogen and oxygen atoms in total. The molecule has 0 aliphatic heterocycles. The van der Waals surface area contributed by atoms with E-state index in [0.717, 1.165) is 33.9 Å². The van der Waals surface area contributed by atoms with Crippen LogP contribution >= 0.6 is 0 Å². The lowest BCUT2D eigenvalue weighted by Gasteiger charge is -2.10. The molecule has 3 aromatic carbocycles. The van der Waals surface area contributed by atoms with E-state index >= 15 is 0 Å². The van der Waals surface area contributed by atoms with Crippen LogP contribution < -0.4 is 4.74 Å². The van der Waals surface area contributed by atoms with Gasteiger partial charge in [0.25, 0.3) is 0 Å². The van der Waals surface area contributed by atoms with E-state index in [0.29, 0.717) is 18.8 Å². The highest BCUT2D eigenvalue weighted by Gasteiger charge is 2.07. The first-order chi connectivity index (χ1) is 11.3. The summed E-state index contributed by atoms with van der Waals surface area (Å²) < 4.78 is 10.9. The van der Waals surface area contributed by atoms with Crippen molar-refractivity contribution in [2.24, 2.45) is 0 Å². The molecular weight excluding hydrogens is 288 g/mol. The fraction of sp³-hybridized carbons (Fsp3) is 0.150. The van der Waals surface area contributed by atoms with Crippen LogP contribution in [-0.4, -0.2) is 13.4 Å². The number of carbonyl (C=O) groups is 1. The molecule has 0 radical (unpaired) electrons. The fourth-order valence-corrected chi connectivity index (χ4v) is 2.61. The Kier molecular flexibility index (Phi) is 4.69. The number of benzene rings is 3. The van der Waals surface area contributed by atoms with Crippen LogP contribution in [0.4, 0.5) is 0 Å². The van der Waals surface area contributed by atoms with Crippen LogP contribution in [0.15, 0.2) is 60.7 Å². The molecule has 0 aliphatic carbocycles. The van der Waals surface area contributed by atoms with Crippen LogP contribution in [0.5, 0.6) is 5.75 Å². The van der Waals surface area contributed by atoms with Crippen molar-refractivity contribution in [3.8, 4) is 5.75 Å². The molecule has 23 heavy (non-hydrogen) atoms. The van der Waals surface area contributed by atoms with E-state index < -0.39 is 0 Å². The second-order valence-electron chi connectivity index (χ2n) is 5.32. The molecule has 0 N–H and O–H groups in total. The largest absolute Gasteiger partial charge is 0.497 e. The van der Waals surface area contributed by atoms with Crippen molar-refractivity contribution in [1.29, 1.82) is 0 Å². The minimum atomic E-state index is 0.408. The molecule has 0 spiro atoms. The number of methoxy groups -OCH3 is 1. The molecule has 0 saturated heterocycles. The number of carbonyl (C=O) groups excluding carboxylic acids is 1. The summed E-state index contributed by atoms with van der Waals surface area (Å²) in [5.74, 6) is 0.825. The molecular formula is C20H18O3. The van der Waals surface area contributed by atoms with E-state index in [1.165, 1.54) is 0 Å². The average Bonchev–Trinajstić information content (AvgIpc) is 2.62. The summed E-state index contributed by atoms with van der Waals surface area (Å²) in [7, 11) is 1.65. The summed E-state index contributed by atoms with van der Waals surface area (Å²) in [5.41, 5.74) is 2.68. The first-order valence-corrected chi connectivity index (χ1v) is 7.48. The molecule has 0 amide bonds. The summed E-state index contributed by atoms with van der Waals surface area (Å²) in [6, 6.07) is 19.6. The quantitative estimate of drug-likeness (QED) is 0.634. The number of ether oxygens (including phenoxy) is 2. The van der Waals surface area contributed by atoms with Gasteiger partial charge in [-0.3, -0.25) is 4.79 Å². The van der Waals surface area contributed by atoms with Gasteiger partial charge in [0.1, 0.15) is 5.75 Å². The molecule has 3 heteroatoms. The SMILES string of the molecule is COc1ccc(COCc2ccc3ccccc3c2C=O)cc1. The summed E-state index contributed by atoms with van der Waals surface area (Å²) in [6.07, 6.45) is 0.911.